The highest BCUT2D eigenvalue weighted by Gasteiger charge is 2.08. The van der Waals surface area contributed by atoms with Crippen LogP contribution in [-0.2, 0) is 5.75 Å². The zero-order valence-electron chi connectivity index (χ0n) is 11.4. The third-order valence-electron chi connectivity index (χ3n) is 3.13. The summed E-state index contributed by atoms with van der Waals surface area (Å²) in [6.07, 6.45) is 6.12. The number of nitrogen functional groups attached to an aromatic ring is 1. The standard InChI is InChI=1S/C14H20N4S/c1-3-12(4-2)18-8-7-11(17-18)10-19-13-5-6-14(15)16-9-13/h5-9,12H,3-4,10H2,1-2H3,(H2,15,16). The lowest BCUT2D eigenvalue weighted by molar-refractivity contribution is 0.426. The molecule has 2 heterocycles. The lowest BCUT2D eigenvalue weighted by Crippen LogP contribution is -2.07. The van der Waals surface area contributed by atoms with E-state index in [1.54, 1.807) is 18.0 Å². The summed E-state index contributed by atoms with van der Waals surface area (Å²) in [7, 11) is 0. The first kappa shape index (κ1) is 13.9. The monoisotopic (exact) mass is 276 g/mol. The Morgan fingerprint density at radius 1 is 1.26 bits per heavy atom. The summed E-state index contributed by atoms with van der Waals surface area (Å²) in [5.41, 5.74) is 6.67. The van der Waals surface area contributed by atoms with Crippen LogP contribution in [0.3, 0.4) is 0 Å². The lowest BCUT2D eigenvalue weighted by atomic mass is 10.2. The summed E-state index contributed by atoms with van der Waals surface area (Å²) in [5, 5.41) is 4.64. The number of hydrogen-bond acceptors (Lipinski definition) is 4. The van der Waals surface area contributed by atoms with Gasteiger partial charge in [-0.1, -0.05) is 13.8 Å². The van der Waals surface area contributed by atoms with Gasteiger partial charge in [-0.2, -0.15) is 5.10 Å². The van der Waals surface area contributed by atoms with Crippen LogP contribution >= 0.6 is 11.8 Å². The van der Waals surface area contributed by atoms with Crippen molar-refractivity contribution in [1.82, 2.24) is 14.8 Å². The van der Waals surface area contributed by atoms with Crippen LogP contribution in [0.5, 0.6) is 0 Å². The highest BCUT2D eigenvalue weighted by Crippen LogP contribution is 2.22. The van der Waals surface area contributed by atoms with Crippen LogP contribution in [0.1, 0.15) is 38.4 Å². The Hall–Kier alpha value is -1.49. The molecular weight excluding hydrogens is 256 g/mol. The molecule has 0 saturated carbocycles. The Kier molecular flexibility index (Phi) is 4.85. The molecule has 0 aromatic carbocycles. The summed E-state index contributed by atoms with van der Waals surface area (Å²) in [5.74, 6) is 1.42. The van der Waals surface area contributed by atoms with Crippen molar-refractivity contribution in [3.63, 3.8) is 0 Å². The Morgan fingerprint density at radius 3 is 2.68 bits per heavy atom. The van der Waals surface area contributed by atoms with Gasteiger partial charge in [-0.15, -0.1) is 11.8 Å². The first-order valence-corrected chi connectivity index (χ1v) is 7.59. The summed E-state index contributed by atoms with van der Waals surface area (Å²) < 4.78 is 2.08. The molecule has 2 rings (SSSR count). The smallest absolute Gasteiger partial charge is 0.123 e. The Labute approximate surface area is 118 Å². The normalized spacial score (nSPS) is 11.1. The van der Waals surface area contributed by atoms with Gasteiger partial charge in [0.15, 0.2) is 0 Å². The van der Waals surface area contributed by atoms with Crippen molar-refractivity contribution in [3.05, 3.63) is 36.3 Å². The SMILES string of the molecule is CCC(CC)n1ccc(CSc2ccc(N)nc2)n1. The van der Waals surface area contributed by atoms with Gasteiger partial charge in [0.05, 0.1) is 11.7 Å². The molecule has 0 amide bonds. The van der Waals surface area contributed by atoms with E-state index in [-0.39, 0.29) is 0 Å². The zero-order chi connectivity index (χ0) is 13.7. The van der Waals surface area contributed by atoms with E-state index in [9.17, 15) is 0 Å². The molecule has 19 heavy (non-hydrogen) atoms. The summed E-state index contributed by atoms with van der Waals surface area (Å²) in [6.45, 7) is 4.40. The van der Waals surface area contributed by atoms with Gasteiger partial charge in [0, 0.05) is 23.0 Å². The molecular formula is C14H20N4S. The second kappa shape index (κ2) is 6.61. The van der Waals surface area contributed by atoms with E-state index in [0.29, 0.717) is 11.9 Å². The van der Waals surface area contributed by atoms with E-state index >= 15 is 0 Å². The number of thioether (sulfide) groups is 1. The minimum Gasteiger partial charge on any atom is -0.384 e. The molecule has 2 N–H and O–H groups in total. The van der Waals surface area contributed by atoms with Crippen LogP contribution in [0.4, 0.5) is 5.82 Å². The van der Waals surface area contributed by atoms with Crippen molar-refractivity contribution in [1.29, 1.82) is 0 Å². The Balaban J connectivity index is 1.95. The minimum absolute atomic E-state index is 0.511. The van der Waals surface area contributed by atoms with Crippen molar-refractivity contribution in [2.75, 3.05) is 5.73 Å². The topological polar surface area (TPSA) is 56.7 Å². The van der Waals surface area contributed by atoms with Gasteiger partial charge >= 0.3 is 0 Å². The molecule has 0 unspecified atom stereocenters. The van der Waals surface area contributed by atoms with Crippen LogP contribution in [0.25, 0.3) is 0 Å². The number of nitrogens with two attached hydrogens (primary N) is 1. The third kappa shape index (κ3) is 3.73. The second-order valence-corrected chi connectivity index (χ2v) is 5.51. The molecule has 0 bridgehead atoms. The number of hydrogen-bond donors (Lipinski definition) is 1. The van der Waals surface area contributed by atoms with Crippen LogP contribution in [0.15, 0.2) is 35.5 Å². The van der Waals surface area contributed by atoms with Gasteiger partial charge in [0.1, 0.15) is 5.82 Å². The quantitative estimate of drug-likeness (QED) is 0.820. The van der Waals surface area contributed by atoms with Crippen LogP contribution in [-0.4, -0.2) is 14.8 Å². The largest absolute Gasteiger partial charge is 0.384 e. The number of anilines is 1. The maximum atomic E-state index is 5.57. The Morgan fingerprint density at radius 2 is 2.05 bits per heavy atom. The van der Waals surface area contributed by atoms with Crippen LogP contribution in [0, 0.1) is 0 Å². The highest BCUT2D eigenvalue weighted by molar-refractivity contribution is 7.98. The number of nitrogens with zero attached hydrogens (tertiary/aromatic N) is 3. The fourth-order valence-corrected chi connectivity index (χ4v) is 2.71. The lowest BCUT2D eigenvalue weighted by Gasteiger charge is -2.12. The van der Waals surface area contributed by atoms with Crippen LogP contribution in [0.2, 0.25) is 0 Å². The van der Waals surface area contributed by atoms with Gasteiger partial charge in [0.25, 0.3) is 0 Å². The fraction of sp³-hybridized carbons (Fsp3) is 0.429. The maximum absolute atomic E-state index is 5.57. The van der Waals surface area contributed by atoms with Gasteiger partial charge in [-0.25, -0.2) is 4.98 Å². The average Bonchev–Trinajstić information content (AvgIpc) is 2.88. The predicted molar refractivity (Wildman–Crippen MR) is 80.1 cm³/mol. The second-order valence-electron chi connectivity index (χ2n) is 4.46. The van der Waals surface area contributed by atoms with Gasteiger partial charge in [-0.05, 0) is 31.0 Å². The van der Waals surface area contributed by atoms with Crippen molar-refractivity contribution in [3.8, 4) is 0 Å². The van der Waals surface area contributed by atoms with Crippen molar-refractivity contribution < 1.29 is 0 Å². The van der Waals surface area contributed by atoms with E-state index in [1.807, 2.05) is 12.1 Å². The third-order valence-corrected chi connectivity index (χ3v) is 4.14. The van der Waals surface area contributed by atoms with E-state index in [2.05, 4.69) is 40.9 Å². The molecule has 102 valence electrons. The molecule has 0 radical (unpaired) electrons. The van der Waals surface area contributed by atoms with Crippen LogP contribution < -0.4 is 5.73 Å². The van der Waals surface area contributed by atoms with Gasteiger partial charge in [-0.3, -0.25) is 4.68 Å². The average molecular weight is 276 g/mol. The first-order valence-electron chi connectivity index (χ1n) is 6.61. The highest BCUT2D eigenvalue weighted by atomic mass is 32.2. The molecule has 4 nitrogen and oxygen atoms in total. The number of aromatic nitrogens is 3. The molecule has 0 saturated heterocycles. The molecule has 0 atom stereocenters. The van der Waals surface area contributed by atoms with Gasteiger partial charge < -0.3 is 5.73 Å². The molecule has 2 aromatic heterocycles. The summed E-state index contributed by atoms with van der Waals surface area (Å²) >= 11 is 1.73. The molecule has 2 aromatic rings. The maximum Gasteiger partial charge on any atom is 0.123 e. The van der Waals surface area contributed by atoms with E-state index in [0.717, 1.165) is 29.2 Å². The molecule has 0 spiro atoms. The van der Waals surface area contributed by atoms with Crippen molar-refractivity contribution in [2.24, 2.45) is 0 Å². The Bertz CT molecular complexity index is 502. The summed E-state index contributed by atoms with van der Waals surface area (Å²) in [4.78, 5) is 5.20. The van der Waals surface area contributed by atoms with E-state index < -0.39 is 0 Å². The molecule has 0 aliphatic rings. The number of pyridine rings is 1. The van der Waals surface area contributed by atoms with Crippen molar-refractivity contribution >= 4 is 17.6 Å². The minimum atomic E-state index is 0.511. The molecule has 0 aliphatic heterocycles. The van der Waals surface area contributed by atoms with E-state index in [1.165, 1.54) is 0 Å². The fourth-order valence-electron chi connectivity index (χ4n) is 1.95. The molecule has 5 heteroatoms. The number of rotatable bonds is 6. The molecule has 0 fully saturated rings. The first-order chi connectivity index (χ1) is 9.22. The summed E-state index contributed by atoms with van der Waals surface area (Å²) in [6, 6.07) is 6.42. The predicted octanol–water partition coefficient (Wildman–Crippen LogP) is 3.51. The van der Waals surface area contributed by atoms with Gasteiger partial charge in [0.2, 0.25) is 0 Å². The van der Waals surface area contributed by atoms with Crippen molar-refractivity contribution in [2.45, 2.75) is 43.4 Å². The van der Waals surface area contributed by atoms with E-state index in [4.69, 9.17) is 5.73 Å². The zero-order valence-corrected chi connectivity index (χ0v) is 12.2. The molecule has 0 aliphatic carbocycles.